The lowest BCUT2D eigenvalue weighted by Gasteiger charge is -2.23. The van der Waals surface area contributed by atoms with Crippen LogP contribution in [0.1, 0.15) is 279 Å². The molecule has 2 N–H and O–H groups in total. The van der Waals surface area contributed by atoms with Crippen molar-refractivity contribution in [2.75, 3.05) is 26.2 Å². The average Bonchev–Trinajstić information content (AvgIpc) is 3.42. The van der Waals surface area contributed by atoms with Crippen molar-refractivity contribution in [1.82, 2.24) is 15.5 Å². The van der Waals surface area contributed by atoms with Crippen molar-refractivity contribution in [2.24, 2.45) is 5.92 Å². The van der Waals surface area contributed by atoms with Gasteiger partial charge in [-0.2, -0.15) is 0 Å². The van der Waals surface area contributed by atoms with Crippen molar-refractivity contribution >= 4 is 23.6 Å². The molecule has 9 heteroatoms. The summed E-state index contributed by atoms with van der Waals surface area (Å²) >= 11 is 0. The van der Waals surface area contributed by atoms with Gasteiger partial charge in [0.15, 0.2) is 5.78 Å². The van der Waals surface area contributed by atoms with Crippen molar-refractivity contribution in [3.05, 3.63) is 0 Å². The second kappa shape index (κ2) is 43.6. The summed E-state index contributed by atoms with van der Waals surface area (Å²) in [5.74, 6) is -0.0258. The average molecular weight is 904 g/mol. The van der Waals surface area contributed by atoms with Crippen LogP contribution < -0.4 is 10.6 Å². The third-order valence-electron chi connectivity index (χ3n) is 13.6. The highest BCUT2D eigenvalue weighted by Gasteiger charge is 2.29. The molecule has 0 radical (unpaired) electrons. The summed E-state index contributed by atoms with van der Waals surface area (Å²) in [6.07, 6.45) is 40.9. The second-order valence-electron chi connectivity index (χ2n) is 19.5. The maximum atomic E-state index is 12.9. The van der Waals surface area contributed by atoms with Crippen LogP contribution in [0.4, 0.5) is 0 Å². The Morgan fingerprint density at radius 2 is 0.953 bits per heavy atom. The van der Waals surface area contributed by atoms with Crippen molar-refractivity contribution in [3.8, 4) is 0 Å². The molecule has 1 aliphatic rings. The Labute approximate surface area is 395 Å². The molecule has 0 spiro atoms. The number of unbranched alkanes of at least 4 members (excludes halogenated alkanes) is 23. The Morgan fingerprint density at radius 3 is 1.42 bits per heavy atom. The molecule has 1 saturated heterocycles. The van der Waals surface area contributed by atoms with Crippen molar-refractivity contribution in [3.63, 3.8) is 0 Å². The number of nitrogens with zero attached hydrogens (tertiary/aromatic N) is 1. The first-order chi connectivity index (χ1) is 31.3. The minimum atomic E-state index is -0.577. The molecule has 1 fully saturated rings. The van der Waals surface area contributed by atoms with Gasteiger partial charge in [-0.1, -0.05) is 169 Å². The molecule has 0 bridgehead atoms. The lowest BCUT2D eigenvalue weighted by molar-refractivity contribution is -0.150. The Balaban J connectivity index is 2.47. The van der Waals surface area contributed by atoms with Crippen LogP contribution in [0, 0.1) is 5.92 Å². The van der Waals surface area contributed by atoms with Crippen molar-refractivity contribution in [2.45, 2.75) is 297 Å². The molecule has 0 aromatic rings. The van der Waals surface area contributed by atoms with Gasteiger partial charge in [0.25, 0.3) is 0 Å². The summed E-state index contributed by atoms with van der Waals surface area (Å²) in [4.78, 5) is 53.3. The monoisotopic (exact) mass is 904 g/mol. The van der Waals surface area contributed by atoms with Gasteiger partial charge in [0.05, 0.1) is 0 Å². The van der Waals surface area contributed by atoms with Crippen LogP contribution >= 0.6 is 0 Å². The number of esters is 2. The van der Waals surface area contributed by atoms with E-state index in [1.165, 1.54) is 109 Å². The minimum Gasteiger partial charge on any atom is -0.462 e. The Morgan fingerprint density at radius 1 is 0.547 bits per heavy atom. The number of carbonyl (C=O) groups excluding carboxylic acids is 4. The van der Waals surface area contributed by atoms with E-state index in [2.05, 4.69) is 43.2 Å². The first-order valence-corrected chi connectivity index (χ1v) is 27.9. The maximum absolute atomic E-state index is 12.9. The minimum absolute atomic E-state index is 0.000847. The van der Waals surface area contributed by atoms with Crippen LogP contribution in [0.25, 0.3) is 0 Å². The van der Waals surface area contributed by atoms with E-state index < -0.39 is 6.17 Å². The summed E-state index contributed by atoms with van der Waals surface area (Å²) in [6, 6.07) is 0. The number of Topliss-reactive ketones (excluding diaryl/α,β-unsaturated/α-hetero) is 1. The highest BCUT2D eigenvalue weighted by Crippen LogP contribution is 2.20. The normalized spacial score (nSPS) is 16.0. The van der Waals surface area contributed by atoms with Crippen LogP contribution in [-0.2, 0) is 28.7 Å². The van der Waals surface area contributed by atoms with E-state index in [1.54, 1.807) is 0 Å². The van der Waals surface area contributed by atoms with E-state index in [0.717, 1.165) is 129 Å². The van der Waals surface area contributed by atoms with E-state index in [-0.39, 0.29) is 41.8 Å². The fraction of sp³-hybridized carbons (Fsp3) is 0.927. The van der Waals surface area contributed by atoms with Crippen LogP contribution in [-0.4, -0.2) is 73.1 Å². The molecule has 9 nitrogen and oxygen atoms in total. The molecular formula is C55H105N3O6. The van der Waals surface area contributed by atoms with Crippen LogP contribution in [0.5, 0.6) is 0 Å². The third-order valence-corrected chi connectivity index (χ3v) is 13.6. The molecule has 0 saturated carbocycles. The van der Waals surface area contributed by atoms with E-state index in [0.29, 0.717) is 32.2 Å². The molecule has 64 heavy (non-hydrogen) atoms. The molecule has 0 aromatic heterocycles. The smallest absolute Gasteiger partial charge is 0.306 e. The second-order valence-corrected chi connectivity index (χ2v) is 19.5. The topological polar surface area (TPSA) is 114 Å². The van der Waals surface area contributed by atoms with Gasteiger partial charge in [0, 0.05) is 25.2 Å². The molecule has 0 aliphatic carbocycles. The number of rotatable bonds is 46. The molecule has 376 valence electrons. The molecule has 1 amide bonds. The quantitative estimate of drug-likeness (QED) is 0.0459. The van der Waals surface area contributed by atoms with E-state index in [9.17, 15) is 19.2 Å². The van der Waals surface area contributed by atoms with Gasteiger partial charge in [0.1, 0.15) is 18.4 Å². The summed E-state index contributed by atoms with van der Waals surface area (Å²) in [5, 5.41) is 6.29. The van der Waals surface area contributed by atoms with E-state index in [1.807, 2.05) is 6.92 Å². The summed E-state index contributed by atoms with van der Waals surface area (Å²) < 4.78 is 11.9. The van der Waals surface area contributed by atoms with Gasteiger partial charge in [-0.15, -0.1) is 0 Å². The molecule has 1 aliphatic heterocycles. The SMILES string of the molecule is CCCCCCCCC(CC)OC(=O)CCCCCCCN(CCCCCCCC(=O)OC(CCCCCCCC)CCCCCCCC)CCCNC1NC(=O)C(CC)CCC1=O. The number of ketones is 1. The zero-order valence-electron chi connectivity index (χ0n) is 42.9. The molecule has 1 heterocycles. The van der Waals surface area contributed by atoms with Gasteiger partial charge < -0.3 is 19.7 Å². The van der Waals surface area contributed by atoms with E-state index >= 15 is 0 Å². The molecule has 0 aromatic carbocycles. The zero-order chi connectivity index (χ0) is 46.7. The summed E-state index contributed by atoms with van der Waals surface area (Å²) in [7, 11) is 0. The fourth-order valence-corrected chi connectivity index (χ4v) is 9.20. The van der Waals surface area contributed by atoms with Crippen molar-refractivity contribution < 1.29 is 28.7 Å². The lowest BCUT2D eigenvalue weighted by atomic mass is 10.00. The molecule has 3 atom stereocenters. The summed E-state index contributed by atoms with van der Waals surface area (Å²) in [6.45, 7) is 14.6. The summed E-state index contributed by atoms with van der Waals surface area (Å²) in [5.41, 5.74) is 0. The first-order valence-electron chi connectivity index (χ1n) is 27.9. The Bertz CT molecular complexity index is 1100. The lowest BCUT2D eigenvalue weighted by Crippen LogP contribution is -2.50. The standard InChI is InChI=1S/C55H105N3O6/c1-6-11-14-17-22-29-37-49(10-5)63-52(60)40-32-25-20-27-34-45-58(47-36-44-56-54-51(59)43-42-48(9-4)55(62)57-54)46-35-28-21-26-33-41-53(61)64-50(38-30-23-18-15-12-7-2)39-31-24-19-16-13-8-3/h48-50,54,56H,6-47H2,1-5H3,(H,57,62). The number of amides is 1. The number of nitrogens with one attached hydrogen (secondary N) is 2. The van der Waals surface area contributed by atoms with Gasteiger partial charge in [-0.3, -0.25) is 24.5 Å². The molecular weight excluding hydrogens is 799 g/mol. The van der Waals surface area contributed by atoms with Gasteiger partial charge in [0.2, 0.25) is 5.91 Å². The van der Waals surface area contributed by atoms with Crippen molar-refractivity contribution in [1.29, 1.82) is 0 Å². The highest BCUT2D eigenvalue weighted by molar-refractivity contribution is 5.91. The van der Waals surface area contributed by atoms with Crippen LogP contribution in [0.15, 0.2) is 0 Å². The molecule has 1 rings (SSSR count). The van der Waals surface area contributed by atoms with Gasteiger partial charge in [-0.05, 0) is 116 Å². The first kappa shape index (κ1) is 60.0. The predicted molar refractivity (Wildman–Crippen MR) is 268 cm³/mol. The highest BCUT2D eigenvalue weighted by atomic mass is 16.5. The largest absolute Gasteiger partial charge is 0.462 e. The number of hydrogen-bond donors (Lipinski definition) is 2. The fourth-order valence-electron chi connectivity index (χ4n) is 9.20. The van der Waals surface area contributed by atoms with E-state index in [4.69, 9.17) is 9.47 Å². The Kier molecular flexibility index (Phi) is 40.9. The zero-order valence-corrected chi connectivity index (χ0v) is 42.9. The van der Waals surface area contributed by atoms with Gasteiger partial charge in [-0.25, -0.2) is 0 Å². The number of hydrogen-bond acceptors (Lipinski definition) is 8. The maximum Gasteiger partial charge on any atom is 0.306 e. The predicted octanol–water partition coefficient (Wildman–Crippen LogP) is 14.3. The molecule has 3 unspecified atom stereocenters. The van der Waals surface area contributed by atoms with Crippen LogP contribution in [0.2, 0.25) is 0 Å². The Hall–Kier alpha value is -2.00. The third kappa shape index (κ3) is 34.3. The number of ether oxygens (including phenoxy) is 2. The number of carbonyl (C=O) groups is 4. The van der Waals surface area contributed by atoms with Gasteiger partial charge >= 0.3 is 11.9 Å². The van der Waals surface area contributed by atoms with Crippen LogP contribution in [0.3, 0.4) is 0 Å².